The molecule has 0 radical (unpaired) electrons. The molecule has 8 nitrogen and oxygen atoms in total. The highest BCUT2D eigenvalue weighted by molar-refractivity contribution is 7.89. The summed E-state index contributed by atoms with van der Waals surface area (Å²) in [5.41, 5.74) is 1.97. The number of carbonyl (C=O) groups is 2. The molecule has 2 rings (SSSR count). The average molecular weight is 412 g/mol. The van der Waals surface area contributed by atoms with Crippen LogP contribution in [0.25, 0.3) is 0 Å². The summed E-state index contributed by atoms with van der Waals surface area (Å²) in [6.45, 7) is 7.15. The lowest BCUT2D eigenvalue weighted by Gasteiger charge is -2.34. The van der Waals surface area contributed by atoms with E-state index >= 15 is 0 Å². The van der Waals surface area contributed by atoms with E-state index in [2.05, 4.69) is 0 Å². The number of amides is 1. The molecule has 0 saturated carbocycles. The van der Waals surface area contributed by atoms with Crippen LogP contribution in [0.15, 0.2) is 23.1 Å². The molecule has 156 valence electrons. The molecular weight excluding hydrogens is 382 g/mol. The number of sulfonamides is 1. The maximum Gasteiger partial charge on any atom is 0.320 e. The maximum atomic E-state index is 12.9. The normalized spacial score (nSPS) is 15.7. The van der Waals surface area contributed by atoms with E-state index in [1.807, 2.05) is 13.8 Å². The van der Waals surface area contributed by atoms with Gasteiger partial charge in [0.25, 0.3) is 0 Å². The van der Waals surface area contributed by atoms with Crippen molar-refractivity contribution < 1.29 is 22.7 Å². The number of ether oxygens (including phenoxy) is 1. The lowest BCUT2D eigenvalue weighted by Crippen LogP contribution is -2.52. The fourth-order valence-electron chi connectivity index (χ4n) is 3.02. The lowest BCUT2D eigenvalue weighted by molar-refractivity contribution is -0.144. The van der Waals surface area contributed by atoms with E-state index in [0.29, 0.717) is 19.7 Å². The van der Waals surface area contributed by atoms with E-state index in [-0.39, 0.29) is 43.0 Å². The average Bonchev–Trinajstić information content (AvgIpc) is 2.64. The molecule has 28 heavy (non-hydrogen) atoms. The van der Waals surface area contributed by atoms with Gasteiger partial charge in [0, 0.05) is 26.2 Å². The fraction of sp³-hybridized carbons (Fsp3) is 0.579. The van der Waals surface area contributed by atoms with Crippen LogP contribution in [0.2, 0.25) is 0 Å². The van der Waals surface area contributed by atoms with Crippen LogP contribution in [0.1, 0.15) is 18.1 Å². The second-order valence-electron chi connectivity index (χ2n) is 7.01. The minimum atomic E-state index is -3.57. The van der Waals surface area contributed by atoms with Crippen LogP contribution in [0.4, 0.5) is 0 Å². The molecule has 1 aromatic carbocycles. The number of aryl methyl sites for hydroxylation is 2. The first-order valence-electron chi connectivity index (χ1n) is 9.34. The second-order valence-corrected chi connectivity index (χ2v) is 8.95. The topological polar surface area (TPSA) is 87.2 Å². The van der Waals surface area contributed by atoms with Crippen molar-refractivity contribution in [3.05, 3.63) is 29.3 Å². The minimum absolute atomic E-state index is 0.0424. The van der Waals surface area contributed by atoms with Gasteiger partial charge in [0.2, 0.25) is 15.9 Å². The van der Waals surface area contributed by atoms with Crippen LogP contribution >= 0.6 is 0 Å². The molecule has 1 aromatic rings. The molecule has 1 saturated heterocycles. The predicted molar refractivity (Wildman–Crippen MR) is 105 cm³/mol. The van der Waals surface area contributed by atoms with Crippen molar-refractivity contribution in [3.63, 3.8) is 0 Å². The molecule has 1 heterocycles. The molecule has 1 aliphatic heterocycles. The van der Waals surface area contributed by atoms with Crippen LogP contribution in [0, 0.1) is 13.8 Å². The third-order valence-corrected chi connectivity index (χ3v) is 6.71. The smallest absolute Gasteiger partial charge is 0.320 e. The molecule has 9 heteroatoms. The van der Waals surface area contributed by atoms with Gasteiger partial charge in [-0.25, -0.2) is 8.42 Å². The second kappa shape index (κ2) is 9.49. The number of hydrogen-bond donors (Lipinski definition) is 0. The van der Waals surface area contributed by atoms with Crippen LogP contribution in [0.5, 0.6) is 0 Å². The van der Waals surface area contributed by atoms with E-state index in [9.17, 15) is 18.0 Å². The summed E-state index contributed by atoms with van der Waals surface area (Å²) >= 11 is 0. The minimum Gasteiger partial charge on any atom is -0.465 e. The quantitative estimate of drug-likeness (QED) is 0.612. The summed E-state index contributed by atoms with van der Waals surface area (Å²) in [4.78, 5) is 27.4. The van der Waals surface area contributed by atoms with Gasteiger partial charge in [0.05, 0.1) is 24.6 Å². The Labute approximate surface area is 167 Å². The van der Waals surface area contributed by atoms with E-state index < -0.39 is 10.0 Å². The van der Waals surface area contributed by atoms with Gasteiger partial charge in [-0.15, -0.1) is 0 Å². The number of rotatable bonds is 7. The molecule has 0 aromatic heterocycles. The van der Waals surface area contributed by atoms with Crippen molar-refractivity contribution in [2.75, 3.05) is 52.9 Å². The number of piperazine rings is 1. The molecule has 1 fully saturated rings. The molecule has 1 amide bonds. The zero-order valence-electron chi connectivity index (χ0n) is 17.0. The third-order valence-electron chi connectivity index (χ3n) is 4.82. The third kappa shape index (κ3) is 5.52. The van der Waals surface area contributed by atoms with E-state index in [1.165, 1.54) is 4.31 Å². The zero-order valence-corrected chi connectivity index (χ0v) is 17.8. The summed E-state index contributed by atoms with van der Waals surface area (Å²) < 4.78 is 32.0. The molecule has 1 aliphatic rings. The summed E-state index contributed by atoms with van der Waals surface area (Å²) in [6, 6.07) is 5.12. The Bertz CT molecular complexity index is 817. The standard InChI is InChI=1S/C19H29N3O5S/c1-5-27-19(24)14-20(4)13-18(23)21-8-10-22(11-9-21)28(25,26)17-7-6-15(2)16(3)12-17/h6-7,12H,5,8-11,13-14H2,1-4H3. The Balaban J connectivity index is 1.91. The SMILES string of the molecule is CCOC(=O)CN(C)CC(=O)N1CCN(S(=O)(=O)c2ccc(C)c(C)c2)CC1. The molecule has 0 aliphatic carbocycles. The monoisotopic (exact) mass is 411 g/mol. The van der Waals surface area contributed by atoms with Gasteiger partial charge in [-0.3, -0.25) is 14.5 Å². The molecule has 0 bridgehead atoms. The Morgan fingerprint density at radius 2 is 1.71 bits per heavy atom. The van der Waals surface area contributed by atoms with Crippen molar-refractivity contribution in [2.45, 2.75) is 25.7 Å². The van der Waals surface area contributed by atoms with Crippen molar-refractivity contribution in [1.29, 1.82) is 0 Å². The van der Waals surface area contributed by atoms with Crippen molar-refractivity contribution in [1.82, 2.24) is 14.1 Å². The number of nitrogens with zero attached hydrogens (tertiary/aromatic N) is 3. The van der Waals surface area contributed by atoms with Gasteiger partial charge in [0.15, 0.2) is 0 Å². The van der Waals surface area contributed by atoms with Crippen molar-refractivity contribution >= 4 is 21.9 Å². The van der Waals surface area contributed by atoms with Gasteiger partial charge in [-0.2, -0.15) is 4.31 Å². The lowest BCUT2D eigenvalue weighted by atomic mass is 10.1. The highest BCUT2D eigenvalue weighted by Gasteiger charge is 2.30. The summed E-state index contributed by atoms with van der Waals surface area (Å²) in [6.07, 6.45) is 0. The fourth-order valence-corrected chi connectivity index (χ4v) is 4.52. The first-order valence-corrected chi connectivity index (χ1v) is 10.8. The number of hydrogen-bond acceptors (Lipinski definition) is 6. The number of carbonyl (C=O) groups excluding carboxylic acids is 2. The number of likely N-dealkylation sites (N-methyl/N-ethyl adjacent to an activating group) is 1. The summed E-state index contributed by atoms with van der Waals surface area (Å²) in [5.74, 6) is -0.503. The summed E-state index contributed by atoms with van der Waals surface area (Å²) in [7, 11) is -1.90. The van der Waals surface area contributed by atoms with Crippen LogP contribution in [-0.4, -0.2) is 87.3 Å². The predicted octanol–water partition coefficient (Wildman–Crippen LogP) is 0.631. The molecular formula is C19H29N3O5S. The van der Waals surface area contributed by atoms with Gasteiger partial charge >= 0.3 is 5.97 Å². The molecule has 0 unspecified atom stereocenters. The Kier molecular flexibility index (Phi) is 7.56. The van der Waals surface area contributed by atoms with Gasteiger partial charge in [-0.05, 0) is 51.1 Å². The maximum absolute atomic E-state index is 12.9. The largest absolute Gasteiger partial charge is 0.465 e. The van der Waals surface area contributed by atoms with Crippen LogP contribution < -0.4 is 0 Å². The Morgan fingerprint density at radius 1 is 1.07 bits per heavy atom. The first kappa shape index (κ1) is 22.3. The first-order chi connectivity index (χ1) is 13.1. The van der Waals surface area contributed by atoms with Gasteiger partial charge in [-0.1, -0.05) is 6.07 Å². The van der Waals surface area contributed by atoms with E-state index in [4.69, 9.17) is 4.74 Å². The van der Waals surface area contributed by atoms with E-state index in [1.54, 1.807) is 42.0 Å². The number of benzene rings is 1. The molecule has 0 atom stereocenters. The van der Waals surface area contributed by atoms with Crippen LogP contribution in [0.3, 0.4) is 0 Å². The highest BCUT2D eigenvalue weighted by atomic mass is 32.2. The van der Waals surface area contributed by atoms with Crippen LogP contribution in [-0.2, 0) is 24.3 Å². The zero-order chi connectivity index (χ0) is 20.9. The number of esters is 1. The Hall–Kier alpha value is -1.97. The van der Waals surface area contributed by atoms with Gasteiger partial charge < -0.3 is 9.64 Å². The van der Waals surface area contributed by atoms with Crippen molar-refractivity contribution in [3.8, 4) is 0 Å². The highest BCUT2D eigenvalue weighted by Crippen LogP contribution is 2.20. The molecule has 0 spiro atoms. The summed E-state index contributed by atoms with van der Waals surface area (Å²) in [5, 5.41) is 0. The Morgan fingerprint density at radius 3 is 2.29 bits per heavy atom. The van der Waals surface area contributed by atoms with Gasteiger partial charge in [0.1, 0.15) is 0 Å². The van der Waals surface area contributed by atoms with Crippen molar-refractivity contribution in [2.24, 2.45) is 0 Å². The molecule has 0 N–H and O–H groups in total. The van der Waals surface area contributed by atoms with E-state index in [0.717, 1.165) is 11.1 Å².